The van der Waals surface area contributed by atoms with Gasteiger partial charge in [-0.25, -0.2) is 0 Å². The number of unbranched alkanes of at least 4 members (excludes halogenated alkanes) is 1. The van der Waals surface area contributed by atoms with Crippen molar-refractivity contribution in [1.82, 2.24) is 5.32 Å². The molecule has 0 fully saturated rings. The third kappa shape index (κ3) is 2.99. The summed E-state index contributed by atoms with van der Waals surface area (Å²) >= 11 is 0. The fourth-order valence-electron chi connectivity index (χ4n) is 1.57. The maximum Gasteiger partial charge on any atom is 0.255 e. The second-order valence-corrected chi connectivity index (χ2v) is 3.76. The standard InChI is InChI=1S/C13H19NO2/c1-4-5-9-14-13(15)12-10(2)7-6-8-11(12)16-3/h6-8H,4-5,9H2,1-3H3,(H,14,15). The molecule has 1 aromatic rings. The summed E-state index contributed by atoms with van der Waals surface area (Å²) < 4.78 is 5.19. The van der Waals surface area contributed by atoms with Crippen molar-refractivity contribution in [3.8, 4) is 5.75 Å². The van der Waals surface area contributed by atoms with Crippen LogP contribution in [0.1, 0.15) is 35.7 Å². The third-order valence-electron chi connectivity index (χ3n) is 2.50. The number of rotatable bonds is 5. The van der Waals surface area contributed by atoms with Crippen LogP contribution in [-0.4, -0.2) is 19.6 Å². The first-order valence-electron chi connectivity index (χ1n) is 5.62. The van der Waals surface area contributed by atoms with Crippen LogP contribution in [0.3, 0.4) is 0 Å². The predicted octanol–water partition coefficient (Wildman–Crippen LogP) is 2.53. The molecular weight excluding hydrogens is 202 g/mol. The minimum Gasteiger partial charge on any atom is -0.496 e. The molecule has 0 aliphatic heterocycles. The zero-order chi connectivity index (χ0) is 12.0. The van der Waals surface area contributed by atoms with E-state index in [2.05, 4.69) is 12.2 Å². The average Bonchev–Trinajstić information content (AvgIpc) is 2.28. The van der Waals surface area contributed by atoms with E-state index in [1.54, 1.807) is 7.11 Å². The van der Waals surface area contributed by atoms with Gasteiger partial charge in [-0.2, -0.15) is 0 Å². The number of hydrogen-bond donors (Lipinski definition) is 1. The topological polar surface area (TPSA) is 38.3 Å². The normalized spacial score (nSPS) is 9.94. The van der Waals surface area contributed by atoms with E-state index in [0.29, 0.717) is 17.9 Å². The Kier molecular flexibility index (Phi) is 4.83. The lowest BCUT2D eigenvalue weighted by atomic mass is 10.1. The van der Waals surface area contributed by atoms with E-state index in [0.717, 1.165) is 18.4 Å². The Morgan fingerprint density at radius 1 is 1.44 bits per heavy atom. The fraction of sp³-hybridized carbons (Fsp3) is 0.462. The van der Waals surface area contributed by atoms with Crippen molar-refractivity contribution in [2.75, 3.05) is 13.7 Å². The van der Waals surface area contributed by atoms with Gasteiger partial charge in [-0.1, -0.05) is 25.5 Å². The van der Waals surface area contributed by atoms with Crippen LogP contribution in [0.4, 0.5) is 0 Å². The van der Waals surface area contributed by atoms with Crippen LogP contribution in [0.2, 0.25) is 0 Å². The second-order valence-electron chi connectivity index (χ2n) is 3.76. The lowest BCUT2D eigenvalue weighted by molar-refractivity contribution is 0.0949. The number of methoxy groups -OCH3 is 1. The molecule has 0 aromatic heterocycles. The summed E-state index contributed by atoms with van der Waals surface area (Å²) in [6, 6.07) is 5.61. The minimum absolute atomic E-state index is 0.0524. The number of carbonyl (C=O) groups excluding carboxylic acids is 1. The van der Waals surface area contributed by atoms with E-state index >= 15 is 0 Å². The van der Waals surface area contributed by atoms with Crippen molar-refractivity contribution >= 4 is 5.91 Å². The van der Waals surface area contributed by atoms with Gasteiger partial charge in [0.05, 0.1) is 12.7 Å². The summed E-state index contributed by atoms with van der Waals surface area (Å²) in [5.41, 5.74) is 1.58. The Labute approximate surface area is 96.8 Å². The maximum absolute atomic E-state index is 11.9. The van der Waals surface area contributed by atoms with Gasteiger partial charge in [-0.3, -0.25) is 4.79 Å². The number of hydrogen-bond acceptors (Lipinski definition) is 2. The molecule has 1 amide bonds. The number of benzene rings is 1. The average molecular weight is 221 g/mol. The van der Waals surface area contributed by atoms with E-state index in [9.17, 15) is 4.79 Å². The summed E-state index contributed by atoms with van der Waals surface area (Å²) in [4.78, 5) is 11.9. The van der Waals surface area contributed by atoms with Crippen LogP contribution in [-0.2, 0) is 0 Å². The molecule has 0 saturated heterocycles. The maximum atomic E-state index is 11.9. The molecule has 0 saturated carbocycles. The highest BCUT2D eigenvalue weighted by Crippen LogP contribution is 2.21. The smallest absolute Gasteiger partial charge is 0.255 e. The highest BCUT2D eigenvalue weighted by atomic mass is 16.5. The third-order valence-corrected chi connectivity index (χ3v) is 2.50. The van der Waals surface area contributed by atoms with E-state index in [4.69, 9.17) is 4.74 Å². The molecule has 1 N–H and O–H groups in total. The highest BCUT2D eigenvalue weighted by molar-refractivity contribution is 5.98. The molecule has 3 heteroatoms. The van der Waals surface area contributed by atoms with Gasteiger partial charge >= 0.3 is 0 Å². The molecule has 0 spiro atoms. The van der Waals surface area contributed by atoms with E-state index in [1.165, 1.54) is 0 Å². The summed E-state index contributed by atoms with van der Waals surface area (Å²) in [5, 5.41) is 2.90. The Morgan fingerprint density at radius 2 is 2.19 bits per heavy atom. The number of ether oxygens (including phenoxy) is 1. The van der Waals surface area contributed by atoms with Crippen molar-refractivity contribution in [1.29, 1.82) is 0 Å². The molecular formula is C13H19NO2. The number of carbonyl (C=O) groups is 1. The molecule has 0 atom stereocenters. The molecule has 0 aliphatic carbocycles. The molecule has 3 nitrogen and oxygen atoms in total. The quantitative estimate of drug-likeness (QED) is 0.776. The van der Waals surface area contributed by atoms with Gasteiger partial charge in [0.15, 0.2) is 0 Å². The van der Waals surface area contributed by atoms with Crippen LogP contribution in [0.25, 0.3) is 0 Å². The van der Waals surface area contributed by atoms with Crippen LogP contribution in [0, 0.1) is 6.92 Å². The van der Waals surface area contributed by atoms with Crippen molar-refractivity contribution in [2.24, 2.45) is 0 Å². The fourth-order valence-corrected chi connectivity index (χ4v) is 1.57. The second kappa shape index (κ2) is 6.16. The summed E-state index contributed by atoms with van der Waals surface area (Å²) in [6.45, 7) is 4.73. The molecule has 16 heavy (non-hydrogen) atoms. The summed E-state index contributed by atoms with van der Waals surface area (Å²) in [7, 11) is 1.58. The van der Waals surface area contributed by atoms with Gasteiger partial charge in [-0.05, 0) is 25.0 Å². The lowest BCUT2D eigenvalue weighted by Gasteiger charge is -2.11. The minimum atomic E-state index is -0.0524. The summed E-state index contributed by atoms with van der Waals surface area (Å²) in [6.07, 6.45) is 2.07. The Bertz CT molecular complexity index is 361. The molecule has 88 valence electrons. The molecule has 0 heterocycles. The molecule has 0 bridgehead atoms. The number of nitrogens with one attached hydrogen (secondary N) is 1. The zero-order valence-electron chi connectivity index (χ0n) is 10.2. The van der Waals surface area contributed by atoms with E-state index in [1.807, 2.05) is 25.1 Å². The van der Waals surface area contributed by atoms with Crippen molar-refractivity contribution in [2.45, 2.75) is 26.7 Å². The first-order chi connectivity index (χ1) is 7.70. The Balaban J connectivity index is 2.81. The lowest BCUT2D eigenvalue weighted by Crippen LogP contribution is -2.25. The SMILES string of the molecule is CCCCNC(=O)c1c(C)cccc1OC. The largest absolute Gasteiger partial charge is 0.496 e. The van der Waals surface area contributed by atoms with Crippen LogP contribution < -0.4 is 10.1 Å². The monoisotopic (exact) mass is 221 g/mol. The highest BCUT2D eigenvalue weighted by Gasteiger charge is 2.13. The Hall–Kier alpha value is -1.51. The number of aryl methyl sites for hydroxylation is 1. The summed E-state index contributed by atoms with van der Waals surface area (Å²) in [5.74, 6) is 0.581. The Morgan fingerprint density at radius 3 is 2.81 bits per heavy atom. The van der Waals surface area contributed by atoms with E-state index in [-0.39, 0.29) is 5.91 Å². The van der Waals surface area contributed by atoms with Crippen LogP contribution in [0.15, 0.2) is 18.2 Å². The van der Waals surface area contributed by atoms with Gasteiger partial charge in [-0.15, -0.1) is 0 Å². The van der Waals surface area contributed by atoms with Gasteiger partial charge < -0.3 is 10.1 Å². The predicted molar refractivity (Wildman–Crippen MR) is 65.0 cm³/mol. The molecule has 1 aromatic carbocycles. The van der Waals surface area contributed by atoms with E-state index < -0.39 is 0 Å². The van der Waals surface area contributed by atoms with Crippen molar-refractivity contribution < 1.29 is 9.53 Å². The zero-order valence-corrected chi connectivity index (χ0v) is 10.2. The molecule has 0 radical (unpaired) electrons. The molecule has 0 unspecified atom stereocenters. The molecule has 1 rings (SSSR count). The van der Waals surface area contributed by atoms with Crippen molar-refractivity contribution in [3.05, 3.63) is 29.3 Å². The van der Waals surface area contributed by atoms with Gasteiger partial charge in [0, 0.05) is 6.54 Å². The van der Waals surface area contributed by atoms with Crippen molar-refractivity contribution in [3.63, 3.8) is 0 Å². The number of amides is 1. The van der Waals surface area contributed by atoms with Gasteiger partial charge in [0.2, 0.25) is 0 Å². The first kappa shape index (κ1) is 12.6. The van der Waals surface area contributed by atoms with Crippen LogP contribution in [0.5, 0.6) is 5.75 Å². The van der Waals surface area contributed by atoms with Crippen LogP contribution >= 0.6 is 0 Å². The molecule has 0 aliphatic rings. The first-order valence-corrected chi connectivity index (χ1v) is 5.62. The van der Waals surface area contributed by atoms with Gasteiger partial charge in [0.1, 0.15) is 5.75 Å². The van der Waals surface area contributed by atoms with Gasteiger partial charge in [0.25, 0.3) is 5.91 Å².